The molecule has 0 saturated carbocycles. The van der Waals surface area contributed by atoms with Crippen LogP contribution in [0.3, 0.4) is 0 Å². The molecule has 0 spiro atoms. The molecule has 1 heterocycles. The van der Waals surface area contributed by atoms with Crippen LogP contribution in [0.1, 0.15) is 22.4 Å². The van der Waals surface area contributed by atoms with Gasteiger partial charge in [0, 0.05) is 5.69 Å². The van der Waals surface area contributed by atoms with Crippen molar-refractivity contribution in [2.45, 2.75) is 20.8 Å². The molecule has 0 saturated heterocycles. The first kappa shape index (κ1) is 14.8. The Hall–Kier alpha value is -2.63. The van der Waals surface area contributed by atoms with Gasteiger partial charge in [0.15, 0.2) is 5.84 Å². The summed E-state index contributed by atoms with van der Waals surface area (Å²) in [5, 5.41) is 11.9. The molecule has 0 atom stereocenters. The van der Waals surface area contributed by atoms with E-state index in [2.05, 4.69) is 10.1 Å². The molecule has 1 aromatic heterocycles. The molecular weight excluding hydrogens is 273 g/mol. The number of nitrogens with zero attached hydrogens (tertiary/aromatic N) is 2. The Morgan fingerprint density at radius 2 is 1.95 bits per heavy atom. The predicted octanol–water partition coefficient (Wildman–Crippen LogP) is 3.03. The number of hydrogen-bond acceptors (Lipinski definition) is 4. The van der Waals surface area contributed by atoms with E-state index in [0.29, 0.717) is 16.9 Å². The third kappa shape index (κ3) is 3.10. The van der Waals surface area contributed by atoms with Crippen molar-refractivity contribution in [3.8, 4) is 11.6 Å². The topological polar surface area (TPSA) is 80.7 Å². The van der Waals surface area contributed by atoms with E-state index in [9.17, 15) is 4.39 Å². The van der Waals surface area contributed by atoms with Crippen LogP contribution in [0.25, 0.3) is 0 Å². The molecule has 0 aliphatic rings. The lowest BCUT2D eigenvalue weighted by molar-refractivity contribution is 0.318. The first-order chi connectivity index (χ1) is 9.92. The molecule has 3 N–H and O–H groups in total. The number of halogens is 1. The Morgan fingerprint density at radius 1 is 1.24 bits per heavy atom. The Morgan fingerprint density at radius 3 is 2.57 bits per heavy atom. The van der Waals surface area contributed by atoms with Gasteiger partial charge in [-0.15, -0.1) is 0 Å². The second-order valence-electron chi connectivity index (χ2n) is 4.76. The lowest BCUT2D eigenvalue weighted by Crippen LogP contribution is -2.17. The van der Waals surface area contributed by atoms with Crippen LogP contribution >= 0.6 is 0 Å². The molecule has 0 amide bonds. The average Bonchev–Trinajstić information content (AvgIpc) is 2.41. The average molecular weight is 289 g/mol. The van der Waals surface area contributed by atoms with Crippen LogP contribution in [-0.4, -0.2) is 16.0 Å². The number of pyridine rings is 1. The van der Waals surface area contributed by atoms with Gasteiger partial charge < -0.3 is 15.7 Å². The van der Waals surface area contributed by atoms with Crippen LogP contribution in [0.4, 0.5) is 4.39 Å². The van der Waals surface area contributed by atoms with Crippen LogP contribution < -0.4 is 10.5 Å². The minimum Gasteiger partial charge on any atom is -0.438 e. The van der Waals surface area contributed by atoms with Gasteiger partial charge in [0.25, 0.3) is 0 Å². The SMILES string of the molecule is Cc1cc(C)c(/C(N)=N/O)c(Oc2ccc(F)c(C)c2)n1. The van der Waals surface area contributed by atoms with E-state index >= 15 is 0 Å². The number of benzene rings is 1. The van der Waals surface area contributed by atoms with Gasteiger partial charge in [-0.05, 0) is 56.2 Å². The van der Waals surface area contributed by atoms with Gasteiger partial charge in [-0.1, -0.05) is 5.16 Å². The summed E-state index contributed by atoms with van der Waals surface area (Å²) in [6, 6.07) is 6.18. The molecular formula is C15H16FN3O2. The number of oxime groups is 1. The zero-order valence-electron chi connectivity index (χ0n) is 12.0. The quantitative estimate of drug-likeness (QED) is 0.394. The van der Waals surface area contributed by atoms with Crippen molar-refractivity contribution < 1.29 is 14.3 Å². The lowest BCUT2D eigenvalue weighted by atomic mass is 10.1. The minimum absolute atomic E-state index is 0.0890. The van der Waals surface area contributed by atoms with Crippen molar-refractivity contribution in [1.29, 1.82) is 0 Å². The maximum absolute atomic E-state index is 13.3. The Labute approximate surface area is 121 Å². The zero-order chi connectivity index (χ0) is 15.6. The van der Waals surface area contributed by atoms with Gasteiger partial charge in [0.1, 0.15) is 11.6 Å². The number of amidine groups is 1. The molecule has 0 aliphatic carbocycles. The molecule has 110 valence electrons. The predicted molar refractivity (Wildman–Crippen MR) is 77.4 cm³/mol. The monoisotopic (exact) mass is 289 g/mol. The van der Waals surface area contributed by atoms with Crippen molar-refractivity contribution >= 4 is 5.84 Å². The molecule has 0 unspecified atom stereocenters. The summed E-state index contributed by atoms with van der Waals surface area (Å²) in [5.41, 5.74) is 8.04. The molecule has 0 radical (unpaired) electrons. The summed E-state index contributed by atoms with van der Waals surface area (Å²) in [6.45, 7) is 5.26. The van der Waals surface area contributed by atoms with E-state index < -0.39 is 0 Å². The number of aromatic nitrogens is 1. The fourth-order valence-electron chi connectivity index (χ4n) is 2.03. The summed E-state index contributed by atoms with van der Waals surface area (Å²) < 4.78 is 19.0. The number of rotatable bonds is 3. The highest BCUT2D eigenvalue weighted by Gasteiger charge is 2.15. The molecule has 0 aliphatic heterocycles. The van der Waals surface area contributed by atoms with Crippen LogP contribution in [0.15, 0.2) is 29.4 Å². The summed E-state index contributed by atoms with van der Waals surface area (Å²) in [4.78, 5) is 4.26. The molecule has 0 fully saturated rings. The van der Waals surface area contributed by atoms with Crippen molar-refractivity contribution in [2.24, 2.45) is 10.9 Å². The van der Waals surface area contributed by atoms with E-state index in [1.807, 2.05) is 13.8 Å². The second kappa shape index (κ2) is 5.78. The van der Waals surface area contributed by atoms with Crippen LogP contribution in [-0.2, 0) is 0 Å². The normalized spacial score (nSPS) is 11.5. The van der Waals surface area contributed by atoms with Crippen LogP contribution in [0.5, 0.6) is 11.6 Å². The van der Waals surface area contributed by atoms with Gasteiger partial charge in [0.2, 0.25) is 5.88 Å². The standard InChI is InChI=1S/C15H16FN3O2/c1-8-7-11(4-5-12(8)16)21-15-13(14(17)19-20)9(2)6-10(3)18-15/h4-7,20H,1-3H3,(H2,17,19). The van der Waals surface area contributed by atoms with Crippen molar-refractivity contribution in [3.05, 3.63) is 52.5 Å². The van der Waals surface area contributed by atoms with E-state index in [-0.39, 0.29) is 17.5 Å². The van der Waals surface area contributed by atoms with Gasteiger partial charge >= 0.3 is 0 Å². The van der Waals surface area contributed by atoms with E-state index in [0.717, 1.165) is 11.3 Å². The Bertz CT molecular complexity index is 714. The number of nitrogens with two attached hydrogens (primary N) is 1. The van der Waals surface area contributed by atoms with Gasteiger partial charge in [-0.2, -0.15) is 0 Å². The summed E-state index contributed by atoms with van der Waals surface area (Å²) >= 11 is 0. The molecule has 1 aromatic carbocycles. The Balaban J connectivity index is 2.50. The van der Waals surface area contributed by atoms with E-state index in [4.69, 9.17) is 15.7 Å². The largest absolute Gasteiger partial charge is 0.438 e. The van der Waals surface area contributed by atoms with Gasteiger partial charge in [-0.25, -0.2) is 9.37 Å². The summed E-state index contributed by atoms with van der Waals surface area (Å²) in [7, 11) is 0. The molecule has 0 bridgehead atoms. The maximum Gasteiger partial charge on any atom is 0.230 e. The maximum atomic E-state index is 13.3. The first-order valence-electron chi connectivity index (χ1n) is 6.32. The van der Waals surface area contributed by atoms with Crippen LogP contribution in [0.2, 0.25) is 0 Å². The third-order valence-corrected chi connectivity index (χ3v) is 3.02. The summed E-state index contributed by atoms with van der Waals surface area (Å²) in [5.74, 6) is 0.244. The molecule has 21 heavy (non-hydrogen) atoms. The van der Waals surface area contributed by atoms with Gasteiger partial charge in [0.05, 0.1) is 5.56 Å². The van der Waals surface area contributed by atoms with E-state index in [1.165, 1.54) is 12.1 Å². The second-order valence-corrected chi connectivity index (χ2v) is 4.76. The summed E-state index contributed by atoms with van der Waals surface area (Å²) in [6.07, 6.45) is 0. The van der Waals surface area contributed by atoms with Gasteiger partial charge in [-0.3, -0.25) is 0 Å². The van der Waals surface area contributed by atoms with Crippen LogP contribution in [0, 0.1) is 26.6 Å². The molecule has 5 nitrogen and oxygen atoms in total. The number of hydrogen-bond donors (Lipinski definition) is 2. The number of ether oxygens (including phenoxy) is 1. The highest BCUT2D eigenvalue weighted by molar-refractivity contribution is 6.00. The smallest absolute Gasteiger partial charge is 0.230 e. The zero-order valence-corrected chi connectivity index (χ0v) is 12.0. The Kier molecular flexibility index (Phi) is 4.07. The number of aryl methyl sites for hydroxylation is 3. The lowest BCUT2D eigenvalue weighted by Gasteiger charge is -2.13. The molecule has 2 rings (SSSR count). The molecule has 2 aromatic rings. The highest BCUT2D eigenvalue weighted by Crippen LogP contribution is 2.27. The fraction of sp³-hybridized carbons (Fsp3) is 0.200. The van der Waals surface area contributed by atoms with Crippen molar-refractivity contribution in [2.75, 3.05) is 0 Å². The van der Waals surface area contributed by atoms with E-state index in [1.54, 1.807) is 19.1 Å². The molecule has 6 heteroatoms. The minimum atomic E-state index is -0.313. The third-order valence-electron chi connectivity index (χ3n) is 3.02. The van der Waals surface area contributed by atoms with Crippen molar-refractivity contribution in [3.63, 3.8) is 0 Å². The van der Waals surface area contributed by atoms with Crippen molar-refractivity contribution in [1.82, 2.24) is 4.98 Å². The first-order valence-corrected chi connectivity index (χ1v) is 6.32. The fourth-order valence-corrected chi connectivity index (χ4v) is 2.03. The highest BCUT2D eigenvalue weighted by atomic mass is 19.1.